The Balaban J connectivity index is 2.09. The molecule has 1 N–H and O–H groups in total. The first-order valence-electron chi connectivity index (χ1n) is 6.60. The van der Waals surface area contributed by atoms with E-state index in [1.807, 2.05) is 0 Å². The Kier molecular flexibility index (Phi) is 3.54. The van der Waals surface area contributed by atoms with Crippen molar-refractivity contribution in [3.05, 3.63) is 66.1 Å². The normalized spacial score (nSPS) is 11.5. The minimum absolute atomic E-state index is 0.0920. The number of aryl methyl sites for hydroxylation is 1. The lowest BCUT2D eigenvalue weighted by Gasteiger charge is -2.12. The first-order valence-corrected chi connectivity index (χ1v) is 8.08. The molecule has 3 rings (SSSR count). The summed E-state index contributed by atoms with van der Waals surface area (Å²) < 4.78 is 40.8. The van der Waals surface area contributed by atoms with E-state index in [4.69, 9.17) is 0 Å². The molecule has 0 saturated heterocycles. The number of sulfonamides is 1. The van der Waals surface area contributed by atoms with Crippen LogP contribution in [0.5, 0.6) is 0 Å². The van der Waals surface area contributed by atoms with Crippen LogP contribution in [0.15, 0.2) is 59.6 Å². The van der Waals surface area contributed by atoms with Crippen molar-refractivity contribution in [3.8, 4) is 0 Å². The van der Waals surface area contributed by atoms with Crippen LogP contribution in [0.4, 0.5) is 10.1 Å². The van der Waals surface area contributed by atoms with Crippen LogP contribution in [0.1, 0.15) is 5.56 Å². The van der Waals surface area contributed by atoms with Crippen molar-refractivity contribution in [2.75, 3.05) is 4.72 Å². The van der Waals surface area contributed by atoms with E-state index >= 15 is 0 Å². The fourth-order valence-electron chi connectivity index (χ4n) is 2.23. The number of nitrogens with zero attached hydrogens (tertiary/aromatic N) is 1. The smallest absolute Gasteiger partial charge is 0.264 e. The zero-order chi connectivity index (χ0) is 15.7. The Morgan fingerprint density at radius 3 is 2.64 bits per heavy atom. The molecule has 0 amide bonds. The van der Waals surface area contributed by atoms with Gasteiger partial charge in [0.05, 0.1) is 11.2 Å². The summed E-state index contributed by atoms with van der Waals surface area (Å²) in [7, 11) is -3.81. The van der Waals surface area contributed by atoms with Crippen LogP contribution in [0.25, 0.3) is 10.9 Å². The number of aromatic nitrogens is 1. The number of hydrogen-bond donors (Lipinski definition) is 1. The van der Waals surface area contributed by atoms with E-state index in [0.29, 0.717) is 16.8 Å². The number of fused-ring (bicyclic) bond motifs is 1. The lowest BCUT2D eigenvalue weighted by Crippen LogP contribution is -2.14. The van der Waals surface area contributed by atoms with E-state index in [0.717, 1.165) is 5.39 Å². The molecule has 112 valence electrons. The quantitative estimate of drug-likeness (QED) is 0.805. The number of anilines is 1. The molecule has 2 aromatic carbocycles. The van der Waals surface area contributed by atoms with Crippen LogP contribution < -0.4 is 4.72 Å². The van der Waals surface area contributed by atoms with Crippen molar-refractivity contribution >= 4 is 26.6 Å². The number of para-hydroxylation sites is 1. The summed E-state index contributed by atoms with van der Waals surface area (Å²) in [5.41, 5.74) is 1.25. The first kappa shape index (κ1) is 14.5. The average molecular weight is 316 g/mol. The Morgan fingerprint density at radius 2 is 1.86 bits per heavy atom. The molecule has 0 fully saturated rings. The number of benzene rings is 2. The zero-order valence-corrected chi connectivity index (χ0v) is 12.6. The van der Waals surface area contributed by atoms with Gasteiger partial charge in [0.2, 0.25) is 0 Å². The van der Waals surface area contributed by atoms with Crippen molar-refractivity contribution < 1.29 is 12.8 Å². The molecule has 0 radical (unpaired) electrons. The lowest BCUT2D eigenvalue weighted by molar-refractivity contribution is 0.601. The van der Waals surface area contributed by atoms with Gasteiger partial charge in [-0.3, -0.25) is 9.71 Å². The third-order valence-corrected chi connectivity index (χ3v) is 4.72. The monoisotopic (exact) mass is 316 g/mol. The maximum absolute atomic E-state index is 13.1. The standard InChI is InChI=1S/C16H13FN2O2S/c1-11-10-13(17)7-8-14(11)19-22(20,21)15-6-2-4-12-5-3-9-18-16(12)15/h2-10,19H,1H3. The number of nitrogens with one attached hydrogen (secondary N) is 1. The molecule has 6 heteroatoms. The molecule has 4 nitrogen and oxygen atoms in total. The van der Waals surface area contributed by atoms with Crippen molar-refractivity contribution in [2.24, 2.45) is 0 Å². The van der Waals surface area contributed by atoms with E-state index in [-0.39, 0.29) is 4.90 Å². The zero-order valence-electron chi connectivity index (χ0n) is 11.7. The van der Waals surface area contributed by atoms with Gasteiger partial charge in [-0.1, -0.05) is 18.2 Å². The molecule has 1 heterocycles. The van der Waals surface area contributed by atoms with Gasteiger partial charge in [-0.05, 0) is 42.8 Å². The molecule has 22 heavy (non-hydrogen) atoms. The SMILES string of the molecule is Cc1cc(F)ccc1NS(=O)(=O)c1cccc2cccnc12. The highest BCUT2D eigenvalue weighted by atomic mass is 32.2. The highest BCUT2D eigenvalue weighted by Gasteiger charge is 2.19. The summed E-state index contributed by atoms with van der Waals surface area (Å²) in [6.07, 6.45) is 1.55. The van der Waals surface area contributed by atoms with E-state index < -0.39 is 15.8 Å². The fourth-order valence-corrected chi connectivity index (χ4v) is 3.55. The molecule has 0 aliphatic heterocycles. The van der Waals surface area contributed by atoms with Gasteiger partial charge in [-0.15, -0.1) is 0 Å². The second kappa shape index (κ2) is 5.38. The lowest BCUT2D eigenvalue weighted by atomic mass is 10.2. The largest absolute Gasteiger partial charge is 0.279 e. The molecular weight excluding hydrogens is 303 g/mol. The van der Waals surface area contributed by atoms with E-state index in [1.54, 1.807) is 37.4 Å². The van der Waals surface area contributed by atoms with Crippen LogP contribution in [0.3, 0.4) is 0 Å². The van der Waals surface area contributed by atoms with Gasteiger partial charge in [-0.25, -0.2) is 12.8 Å². The third kappa shape index (κ3) is 2.65. The molecule has 0 aliphatic rings. The second-order valence-corrected chi connectivity index (χ2v) is 6.55. The average Bonchev–Trinajstić information content (AvgIpc) is 2.49. The molecular formula is C16H13FN2O2S. The summed E-state index contributed by atoms with van der Waals surface area (Å²) in [5, 5.41) is 0.737. The molecule has 0 saturated carbocycles. The van der Waals surface area contributed by atoms with Crippen LogP contribution in [0.2, 0.25) is 0 Å². The number of rotatable bonds is 3. The minimum atomic E-state index is -3.81. The molecule has 0 aliphatic carbocycles. The van der Waals surface area contributed by atoms with Crippen molar-refractivity contribution in [3.63, 3.8) is 0 Å². The molecule has 0 unspecified atom stereocenters. The summed E-state index contributed by atoms with van der Waals surface area (Å²) in [6.45, 7) is 1.64. The Morgan fingerprint density at radius 1 is 1.09 bits per heavy atom. The number of hydrogen-bond acceptors (Lipinski definition) is 3. The fraction of sp³-hybridized carbons (Fsp3) is 0.0625. The Labute approximate surface area is 127 Å². The van der Waals surface area contributed by atoms with Crippen molar-refractivity contribution in [2.45, 2.75) is 11.8 Å². The first-order chi connectivity index (χ1) is 10.5. The predicted molar refractivity (Wildman–Crippen MR) is 83.7 cm³/mol. The molecule has 0 atom stereocenters. The van der Waals surface area contributed by atoms with Gasteiger partial charge >= 0.3 is 0 Å². The van der Waals surface area contributed by atoms with Gasteiger partial charge in [0, 0.05) is 11.6 Å². The number of halogens is 1. The van der Waals surface area contributed by atoms with Crippen LogP contribution in [-0.2, 0) is 10.0 Å². The van der Waals surface area contributed by atoms with Gasteiger partial charge in [-0.2, -0.15) is 0 Å². The molecule has 3 aromatic rings. The molecule has 1 aromatic heterocycles. The van der Waals surface area contributed by atoms with Gasteiger partial charge in [0.25, 0.3) is 10.0 Å². The van der Waals surface area contributed by atoms with Gasteiger partial charge in [0.1, 0.15) is 10.7 Å². The van der Waals surface area contributed by atoms with E-state index in [1.165, 1.54) is 24.3 Å². The highest BCUT2D eigenvalue weighted by Crippen LogP contribution is 2.24. The van der Waals surface area contributed by atoms with Gasteiger partial charge in [0.15, 0.2) is 0 Å². The maximum atomic E-state index is 13.1. The summed E-state index contributed by atoms with van der Waals surface area (Å²) in [6, 6.07) is 12.4. The van der Waals surface area contributed by atoms with Crippen LogP contribution >= 0.6 is 0 Å². The third-order valence-electron chi connectivity index (χ3n) is 3.32. The minimum Gasteiger partial charge on any atom is -0.279 e. The second-order valence-electron chi connectivity index (χ2n) is 4.90. The predicted octanol–water partition coefficient (Wildman–Crippen LogP) is 3.48. The molecule has 0 spiro atoms. The van der Waals surface area contributed by atoms with Crippen molar-refractivity contribution in [1.29, 1.82) is 0 Å². The highest BCUT2D eigenvalue weighted by molar-refractivity contribution is 7.93. The van der Waals surface area contributed by atoms with Crippen molar-refractivity contribution in [1.82, 2.24) is 4.98 Å². The summed E-state index contributed by atoms with van der Waals surface area (Å²) in [5.74, 6) is -0.410. The van der Waals surface area contributed by atoms with E-state index in [9.17, 15) is 12.8 Å². The topological polar surface area (TPSA) is 59.1 Å². The molecule has 0 bridgehead atoms. The summed E-state index contributed by atoms with van der Waals surface area (Å²) >= 11 is 0. The Bertz CT molecular complexity index is 950. The van der Waals surface area contributed by atoms with Gasteiger partial charge < -0.3 is 0 Å². The maximum Gasteiger partial charge on any atom is 0.264 e. The van der Waals surface area contributed by atoms with Crippen LogP contribution in [0, 0.1) is 12.7 Å². The Hall–Kier alpha value is -2.47. The van der Waals surface area contributed by atoms with Crippen LogP contribution in [-0.4, -0.2) is 13.4 Å². The number of pyridine rings is 1. The summed E-state index contributed by atoms with van der Waals surface area (Å²) in [4.78, 5) is 4.24. The van der Waals surface area contributed by atoms with E-state index in [2.05, 4.69) is 9.71 Å².